The number of aromatic nitrogens is 1. The number of hydrogen-bond acceptors (Lipinski definition) is 4. The molecule has 1 N–H and O–H groups in total. The van der Waals surface area contributed by atoms with Crippen molar-refractivity contribution in [1.29, 1.82) is 0 Å². The Bertz CT molecular complexity index is 835. The van der Waals surface area contributed by atoms with Crippen LogP contribution in [-0.2, 0) is 4.79 Å². The van der Waals surface area contributed by atoms with Crippen molar-refractivity contribution in [2.24, 2.45) is 0 Å². The third-order valence-corrected chi connectivity index (χ3v) is 4.84. The molecule has 0 aliphatic carbocycles. The molecule has 2 amide bonds. The fraction of sp³-hybridized carbons (Fsp3) is 0.316. The average Bonchev–Trinajstić information content (AvgIpc) is 3.10. The summed E-state index contributed by atoms with van der Waals surface area (Å²) in [4.78, 5) is 33.3. The summed E-state index contributed by atoms with van der Waals surface area (Å²) in [6, 6.07) is 7.76. The second-order valence-corrected chi connectivity index (χ2v) is 7.48. The summed E-state index contributed by atoms with van der Waals surface area (Å²) in [5.41, 5.74) is 0.972. The number of benzene rings is 1. The standard InChI is InChI=1S/C19H20Cl2N4O2/c1-24(2)17-6-5-15(11-22-17)23-18(26)16-4-3-7-25(16)19(27)12-8-13(20)10-14(21)9-12/h5-6,8-11,16H,3-4,7H2,1-2H3,(H,23,26). The Morgan fingerprint density at radius 2 is 1.89 bits per heavy atom. The second-order valence-electron chi connectivity index (χ2n) is 6.60. The zero-order valence-electron chi connectivity index (χ0n) is 15.1. The lowest BCUT2D eigenvalue weighted by Gasteiger charge is -2.24. The van der Waals surface area contributed by atoms with Crippen LogP contribution in [0.25, 0.3) is 0 Å². The molecule has 1 fully saturated rings. The molecule has 1 aliphatic rings. The largest absolute Gasteiger partial charge is 0.363 e. The molecular weight excluding hydrogens is 387 g/mol. The highest BCUT2D eigenvalue weighted by atomic mass is 35.5. The molecule has 1 atom stereocenters. The van der Waals surface area contributed by atoms with Gasteiger partial charge in [-0.15, -0.1) is 0 Å². The van der Waals surface area contributed by atoms with Crippen molar-refractivity contribution >= 4 is 46.5 Å². The molecule has 8 heteroatoms. The van der Waals surface area contributed by atoms with Gasteiger partial charge in [0.15, 0.2) is 0 Å². The number of nitrogens with one attached hydrogen (secondary N) is 1. The van der Waals surface area contributed by atoms with E-state index in [0.717, 1.165) is 12.2 Å². The summed E-state index contributed by atoms with van der Waals surface area (Å²) in [5, 5.41) is 3.62. The van der Waals surface area contributed by atoms with E-state index >= 15 is 0 Å². The molecule has 1 aromatic heterocycles. The lowest BCUT2D eigenvalue weighted by molar-refractivity contribution is -0.119. The van der Waals surface area contributed by atoms with Crippen LogP contribution in [-0.4, -0.2) is 48.4 Å². The molecule has 0 radical (unpaired) electrons. The molecule has 0 spiro atoms. The Morgan fingerprint density at radius 1 is 1.19 bits per heavy atom. The number of pyridine rings is 1. The van der Waals surface area contributed by atoms with E-state index in [1.807, 2.05) is 25.1 Å². The SMILES string of the molecule is CN(C)c1ccc(NC(=O)C2CCCN2C(=O)c2cc(Cl)cc(Cl)c2)cn1. The van der Waals surface area contributed by atoms with Crippen LogP contribution < -0.4 is 10.2 Å². The lowest BCUT2D eigenvalue weighted by Crippen LogP contribution is -2.43. The zero-order valence-corrected chi connectivity index (χ0v) is 16.6. The molecule has 0 saturated carbocycles. The van der Waals surface area contributed by atoms with E-state index in [0.29, 0.717) is 34.3 Å². The highest BCUT2D eigenvalue weighted by Crippen LogP contribution is 2.25. The smallest absolute Gasteiger partial charge is 0.254 e. The van der Waals surface area contributed by atoms with Gasteiger partial charge in [0.05, 0.1) is 11.9 Å². The predicted molar refractivity (Wildman–Crippen MR) is 108 cm³/mol. The summed E-state index contributed by atoms with van der Waals surface area (Å²) < 4.78 is 0. The summed E-state index contributed by atoms with van der Waals surface area (Å²) >= 11 is 12.0. The van der Waals surface area contributed by atoms with Crippen LogP contribution in [0.15, 0.2) is 36.5 Å². The maximum atomic E-state index is 12.8. The molecule has 27 heavy (non-hydrogen) atoms. The van der Waals surface area contributed by atoms with Gasteiger partial charge in [-0.25, -0.2) is 4.98 Å². The highest BCUT2D eigenvalue weighted by molar-refractivity contribution is 6.35. The van der Waals surface area contributed by atoms with Gasteiger partial charge in [-0.05, 0) is 43.2 Å². The Kier molecular flexibility index (Phi) is 5.87. The van der Waals surface area contributed by atoms with Crippen LogP contribution in [0.1, 0.15) is 23.2 Å². The molecular formula is C19H20Cl2N4O2. The number of hydrogen-bond donors (Lipinski definition) is 1. The molecule has 1 unspecified atom stereocenters. The number of anilines is 2. The number of carbonyl (C=O) groups excluding carboxylic acids is 2. The van der Waals surface area contributed by atoms with E-state index in [1.54, 1.807) is 35.4 Å². The minimum absolute atomic E-state index is 0.228. The first-order valence-electron chi connectivity index (χ1n) is 8.56. The first-order valence-corrected chi connectivity index (χ1v) is 9.32. The third kappa shape index (κ3) is 4.51. The van der Waals surface area contributed by atoms with E-state index in [9.17, 15) is 9.59 Å². The Labute approximate surface area is 168 Å². The van der Waals surface area contributed by atoms with Crippen LogP contribution in [0, 0.1) is 0 Å². The number of rotatable bonds is 4. The summed E-state index contributed by atoms with van der Waals surface area (Å²) in [6.07, 6.45) is 2.97. The van der Waals surface area contributed by atoms with Gasteiger partial charge in [0, 0.05) is 36.2 Å². The topological polar surface area (TPSA) is 65.5 Å². The Balaban J connectivity index is 1.73. The monoisotopic (exact) mass is 406 g/mol. The molecule has 142 valence electrons. The van der Waals surface area contributed by atoms with Gasteiger partial charge in [0.25, 0.3) is 5.91 Å². The van der Waals surface area contributed by atoms with E-state index in [4.69, 9.17) is 23.2 Å². The molecule has 2 aromatic rings. The van der Waals surface area contributed by atoms with Crippen LogP contribution in [0.3, 0.4) is 0 Å². The quantitative estimate of drug-likeness (QED) is 0.840. The normalized spacial score (nSPS) is 16.3. The number of nitrogens with zero attached hydrogens (tertiary/aromatic N) is 3. The zero-order chi connectivity index (χ0) is 19.6. The van der Waals surface area contributed by atoms with Gasteiger partial charge < -0.3 is 15.1 Å². The first kappa shape index (κ1) is 19.5. The van der Waals surface area contributed by atoms with Gasteiger partial charge in [-0.1, -0.05) is 23.2 Å². The fourth-order valence-electron chi connectivity index (χ4n) is 3.08. The van der Waals surface area contributed by atoms with E-state index in [1.165, 1.54) is 0 Å². The second kappa shape index (κ2) is 8.15. The Hall–Kier alpha value is -2.31. The Morgan fingerprint density at radius 3 is 2.48 bits per heavy atom. The van der Waals surface area contributed by atoms with Crippen molar-refractivity contribution in [2.45, 2.75) is 18.9 Å². The minimum Gasteiger partial charge on any atom is -0.363 e. The van der Waals surface area contributed by atoms with Crippen LogP contribution in [0.4, 0.5) is 11.5 Å². The van der Waals surface area contributed by atoms with Gasteiger partial charge in [-0.2, -0.15) is 0 Å². The van der Waals surface area contributed by atoms with Crippen molar-refractivity contribution < 1.29 is 9.59 Å². The molecule has 2 heterocycles. The van der Waals surface area contributed by atoms with Gasteiger partial charge in [0.2, 0.25) is 5.91 Å². The predicted octanol–water partition coefficient (Wildman–Crippen LogP) is 3.70. The van der Waals surface area contributed by atoms with Crippen molar-refractivity contribution in [1.82, 2.24) is 9.88 Å². The molecule has 0 bridgehead atoms. The molecule has 1 aromatic carbocycles. The van der Waals surface area contributed by atoms with E-state index in [2.05, 4.69) is 10.3 Å². The van der Waals surface area contributed by atoms with E-state index in [-0.39, 0.29) is 11.8 Å². The van der Waals surface area contributed by atoms with Gasteiger partial charge >= 0.3 is 0 Å². The minimum atomic E-state index is -0.538. The van der Waals surface area contributed by atoms with Crippen LogP contribution >= 0.6 is 23.2 Å². The van der Waals surface area contributed by atoms with Crippen molar-refractivity contribution in [3.8, 4) is 0 Å². The first-order chi connectivity index (χ1) is 12.8. The maximum absolute atomic E-state index is 12.8. The third-order valence-electron chi connectivity index (χ3n) is 4.40. The fourth-order valence-corrected chi connectivity index (χ4v) is 3.60. The van der Waals surface area contributed by atoms with Crippen LogP contribution in [0.2, 0.25) is 10.0 Å². The highest BCUT2D eigenvalue weighted by Gasteiger charge is 2.34. The van der Waals surface area contributed by atoms with E-state index < -0.39 is 6.04 Å². The van der Waals surface area contributed by atoms with Gasteiger partial charge in [0.1, 0.15) is 11.9 Å². The summed E-state index contributed by atoms with van der Waals surface area (Å²) in [7, 11) is 3.79. The van der Waals surface area contributed by atoms with Crippen molar-refractivity contribution in [3.63, 3.8) is 0 Å². The summed E-state index contributed by atoms with van der Waals surface area (Å²) in [6.45, 7) is 0.513. The van der Waals surface area contributed by atoms with Crippen molar-refractivity contribution in [2.75, 3.05) is 30.9 Å². The maximum Gasteiger partial charge on any atom is 0.254 e. The van der Waals surface area contributed by atoms with Crippen molar-refractivity contribution in [3.05, 3.63) is 52.1 Å². The molecule has 6 nitrogen and oxygen atoms in total. The van der Waals surface area contributed by atoms with Gasteiger partial charge in [-0.3, -0.25) is 9.59 Å². The molecule has 1 saturated heterocycles. The summed E-state index contributed by atoms with van der Waals surface area (Å²) in [5.74, 6) is 0.315. The number of likely N-dealkylation sites (tertiary alicyclic amines) is 1. The molecule has 3 rings (SSSR count). The molecule has 1 aliphatic heterocycles. The number of carbonyl (C=O) groups is 2. The lowest BCUT2D eigenvalue weighted by atomic mass is 10.1. The average molecular weight is 407 g/mol. The number of halogens is 2. The van der Waals surface area contributed by atoms with Crippen LogP contribution in [0.5, 0.6) is 0 Å². The number of amides is 2.